The second-order valence-electron chi connectivity index (χ2n) is 4.73. The number of nitrogens with two attached hydrogens (primary N) is 1. The Morgan fingerprint density at radius 2 is 1.95 bits per heavy atom. The highest BCUT2D eigenvalue weighted by Gasteiger charge is 2.23. The molecule has 1 rings (SSSR count). The highest BCUT2D eigenvalue weighted by Crippen LogP contribution is 2.20. The van der Waals surface area contributed by atoms with Gasteiger partial charge in [0.25, 0.3) is 0 Å². The Kier molecular flexibility index (Phi) is 6.84. The number of nitrogens with one attached hydrogen (secondary N) is 1. The number of hydrogen-bond donors (Lipinski definition) is 2. The van der Waals surface area contributed by atoms with Crippen LogP contribution in [-0.2, 0) is 17.1 Å². The number of aromatic nitrogens is 2. The molecule has 0 aliphatic rings. The lowest BCUT2D eigenvalue weighted by molar-refractivity contribution is 0.573. The number of aryl methyl sites for hydroxylation is 1. The van der Waals surface area contributed by atoms with Crippen molar-refractivity contribution >= 4 is 27.6 Å². The van der Waals surface area contributed by atoms with Crippen LogP contribution in [0.2, 0.25) is 0 Å². The van der Waals surface area contributed by atoms with Crippen molar-refractivity contribution in [1.29, 1.82) is 0 Å². The molecule has 0 bridgehead atoms. The minimum atomic E-state index is -3.56. The molecule has 1 aromatic heterocycles. The fourth-order valence-corrected chi connectivity index (χ4v) is 3.84. The van der Waals surface area contributed by atoms with Crippen molar-refractivity contribution in [3.05, 3.63) is 5.69 Å². The predicted octanol–water partition coefficient (Wildman–Crippen LogP) is 1.51. The number of sulfonamides is 1. The largest absolute Gasteiger partial charge is 0.381 e. The number of thioether (sulfide) groups is 1. The molecule has 0 amide bonds. The summed E-state index contributed by atoms with van der Waals surface area (Å²) in [6.45, 7) is 2.13. The molecule has 0 aromatic carbocycles. The fourth-order valence-electron chi connectivity index (χ4n) is 1.95. The normalized spacial score (nSPS) is 11.9. The Bertz CT molecular complexity index is 526. The number of unbranched alkanes of at least 4 members (excludes halogenated alkanes) is 3. The summed E-state index contributed by atoms with van der Waals surface area (Å²) < 4.78 is 28.4. The van der Waals surface area contributed by atoms with Gasteiger partial charge in [0.2, 0.25) is 10.0 Å². The Morgan fingerprint density at radius 1 is 1.30 bits per heavy atom. The summed E-state index contributed by atoms with van der Waals surface area (Å²) in [6, 6.07) is 0. The van der Waals surface area contributed by atoms with Crippen molar-refractivity contribution < 1.29 is 8.42 Å². The summed E-state index contributed by atoms with van der Waals surface area (Å²) in [5, 5.41) is 3.93. The van der Waals surface area contributed by atoms with Crippen molar-refractivity contribution in [3.8, 4) is 0 Å². The van der Waals surface area contributed by atoms with Gasteiger partial charge in [-0.2, -0.15) is 16.9 Å². The van der Waals surface area contributed by atoms with E-state index in [2.05, 4.69) is 16.1 Å². The summed E-state index contributed by atoms with van der Waals surface area (Å²) in [5.41, 5.74) is 6.21. The topological polar surface area (TPSA) is 90.0 Å². The molecule has 0 unspecified atom stereocenters. The summed E-state index contributed by atoms with van der Waals surface area (Å²) >= 11 is 1.84. The van der Waals surface area contributed by atoms with Gasteiger partial charge in [0, 0.05) is 13.6 Å². The number of hydrogen-bond acceptors (Lipinski definition) is 5. The number of nitrogens with zero attached hydrogens (tertiary/aromatic N) is 2. The van der Waals surface area contributed by atoms with Gasteiger partial charge in [-0.1, -0.05) is 12.8 Å². The standard InChI is InChI=1S/C12H24N4O2S2/c1-10-11(12(13)15-16(10)2)20(17,18)14-8-6-4-5-7-9-19-3/h14H,4-9H2,1-3H3,(H2,13,15). The maximum Gasteiger partial charge on any atom is 0.246 e. The molecule has 0 saturated heterocycles. The number of rotatable bonds is 9. The van der Waals surface area contributed by atoms with Crippen LogP contribution >= 0.6 is 11.8 Å². The minimum absolute atomic E-state index is 0.0532. The Labute approximate surface area is 125 Å². The number of anilines is 1. The average molecular weight is 320 g/mol. The Balaban J connectivity index is 2.46. The highest BCUT2D eigenvalue weighted by atomic mass is 32.2. The molecule has 0 fully saturated rings. The molecule has 1 heterocycles. The van der Waals surface area contributed by atoms with Crippen molar-refractivity contribution in [1.82, 2.24) is 14.5 Å². The van der Waals surface area contributed by atoms with E-state index in [1.54, 1.807) is 14.0 Å². The summed E-state index contributed by atoms with van der Waals surface area (Å²) in [5.74, 6) is 1.22. The van der Waals surface area contributed by atoms with Gasteiger partial charge in [0.15, 0.2) is 5.82 Å². The van der Waals surface area contributed by atoms with Gasteiger partial charge >= 0.3 is 0 Å². The monoisotopic (exact) mass is 320 g/mol. The number of nitrogen functional groups attached to an aromatic ring is 1. The first-order valence-electron chi connectivity index (χ1n) is 6.68. The van der Waals surface area contributed by atoms with Crippen LogP contribution in [0.15, 0.2) is 4.90 Å². The molecule has 0 aliphatic heterocycles. The molecule has 6 nitrogen and oxygen atoms in total. The summed E-state index contributed by atoms with van der Waals surface area (Å²) in [6.07, 6.45) is 6.28. The van der Waals surface area contributed by atoms with E-state index in [9.17, 15) is 8.42 Å². The second kappa shape index (κ2) is 7.90. The van der Waals surface area contributed by atoms with Crippen LogP contribution in [0.25, 0.3) is 0 Å². The van der Waals surface area contributed by atoms with Crippen LogP contribution in [0, 0.1) is 6.92 Å². The SMILES string of the molecule is CSCCCCCCNS(=O)(=O)c1c(N)nn(C)c1C. The molecule has 8 heteroatoms. The molecule has 1 aromatic rings. The first-order valence-corrected chi connectivity index (χ1v) is 9.55. The third-order valence-electron chi connectivity index (χ3n) is 3.14. The molecule has 0 spiro atoms. The molecule has 0 radical (unpaired) electrons. The van der Waals surface area contributed by atoms with Gasteiger partial charge in [0.1, 0.15) is 4.90 Å². The summed E-state index contributed by atoms with van der Waals surface area (Å²) in [4.78, 5) is 0.0994. The van der Waals surface area contributed by atoms with Crippen molar-refractivity contribution in [2.24, 2.45) is 7.05 Å². The van der Waals surface area contributed by atoms with Crippen LogP contribution < -0.4 is 10.5 Å². The quantitative estimate of drug-likeness (QED) is 0.673. The first kappa shape index (κ1) is 17.3. The van der Waals surface area contributed by atoms with E-state index in [-0.39, 0.29) is 10.7 Å². The van der Waals surface area contributed by atoms with Gasteiger partial charge < -0.3 is 5.73 Å². The van der Waals surface area contributed by atoms with Crippen molar-refractivity contribution in [2.45, 2.75) is 37.5 Å². The second-order valence-corrected chi connectivity index (χ2v) is 7.42. The van der Waals surface area contributed by atoms with E-state index < -0.39 is 10.0 Å². The smallest absolute Gasteiger partial charge is 0.246 e. The molecule has 3 N–H and O–H groups in total. The lowest BCUT2D eigenvalue weighted by Gasteiger charge is -2.07. The van der Waals surface area contributed by atoms with Crippen molar-refractivity contribution in [3.63, 3.8) is 0 Å². The predicted molar refractivity (Wildman–Crippen MR) is 84.4 cm³/mol. The van der Waals surface area contributed by atoms with E-state index in [1.165, 1.54) is 11.1 Å². The zero-order chi connectivity index (χ0) is 15.2. The maximum atomic E-state index is 12.2. The highest BCUT2D eigenvalue weighted by molar-refractivity contribution is 7.98. The van der Waals surface area contributed by atoms with E-state index in [0.29, 0.717) is 12.2 Å². The molecule has 20 heavy (non-hydrogen) atoms. The van der Waals surface area contributed by atoms with Crippen LogP contribution in [0.4, 0.5) is 5.82 Å². The van der Waals surface area contributed by atoms with Gasteiger partial charge in [-0.15, -0.1) is 0 Å². The zero-order valence-corrected chi connectivity index (χ0v) is 14.0. The average Bonchev–Trinajstić information content (AvgIpc) is 2.62. The van der Waals surface area contributed by atoms with Crippen LogP contribution in [0.3, 0.4) is 0 Å². The summed E-state index contributed by atoms with van der Waals surface area (Å²) in [7, 11) is -1.88. The van der Waals surface area contributed by atoms with Gasteiger partial charge in [0.05, 0.1) is 5.69 Å². The van der Waals surface area contributed by atoms with Crippen molar-refractivity contribution in [2.75, 3.05) is 24.3 Å². The Hall–Kier alpha value is -0.730. The lowest BCUT2D eigenvalue weighted by atomic mass is 10.2. The minimum Gasteiger partial charge on any atom is -0.381 e. The molecular formula is C12H24N4O2S2. The van der Waals surface area contributed by atoms with E-state index in [0.717, 1.165) is 25.0 Å². The Morgan fingerprint density at radius 3 is 2.50 bits per heavy atom. The van der Waals surface area contributed by atoms with Crippen LogP contribution in [0.1, 0.15) is 31.4 Å². The van der Waals surface area contributed by atoms with E-state index in [4.69, 9.17) is 5.73 Å². The maximum absolute atomic E-state index is 12.2. The fraction of sp³-hybridized carbons (Fsp3) is 0.750. The van der Waals surface area contributed by atoms with Crippen LogP contribution in [-0.4, -0.2) is 36.8 Å². The van der Waals surface area contributed by atoms with Crippen LogP contribution in [0.5, 0.6) is 0 Å². The molecule has 0 saturated carbocycles. The van der Waals surface area contributed by atoms with Gasteiger partial charge in [-0.3, -0.25) is 4.68 Å². The van der Waals surface area contributed by atoms with Gasteiger partial charge in [-0.25, -0.2) is 13.1 Å². The third-order valence-corrected chi connectivity index (χ3v) is 5.46. The third kappa shape index (κ3) is 4.68. The van der Waals surface area contributed by atoms with E-state index >= 15 is 0 Å². The molecule has 0 aliphatic carbocycles. The molecular weight excluding hydrogens is 296 g/mol. The van der Waals surface area contributed by atoms with E-state index in [1.807, 2.05) is 11.8 Å². The first-order chi connectivity index (χ1) is 9.40. The zero-order valence-electron chi connectivity index (χ0n) is 12.3. The molecule has 116 valence electrons. The lowest BCUT2D eigenvalue weighted by Crippen LogP contribution is -2.26. The molecule has 0 atom stereocenters. The van der Waals surface area contributed by atoms with Gasteiger partial charge in [-0.05, 0) is 31.8 Å².